The van der Waals surface area contributed by atoms with Crippen molar-refractivity contribution in [1.82, 2.24) is 20.0 Å². The van der Waals surface area contributed by atoms with Gasteiger partial charge in [0, 0.05) is 39.3 Å². The van der Waals surface area contributed by atoms with E-state index in [0.717, 1.165) is 52.4 Å². The lowest BCUT2D eigenvalue weighted by Crippen LogP contribution is -2.51. The molecule has 1 aliphatic rings. The minimum Gasteiger partial charge on any atom is -0.337 e. The van der Waals surface area contributed by atoms with Crippen LogP contribution in [0.1, 0.15) is 13.8 Å². The summed E-state index contributed by atoms with van der Waals surface area (Å²) in [5, 5.41) is 2.99. The minimum absolute atomic E-state index is 0.0882. The summed E-state index contributed by atoms with van der Waals surface area (Å²) >= 11 is 0. The second-order valence-electron chi connectivity index (χ2n) is 4.55. The monoisotopic (exact) mass is 242 g/mol. The standard InChI is InChI=1S/C12H26N4O/c1-4-15(5-2)7-6-13-12(17)16-10-8-14(3)9-11-16/h4-11H2,1-3H3,(H,13,17). The first kappa shape index (κ1) is 14.3. The Kier molecular flexibility index (Phi) is 6.29. The van der Waals surface area contributed by atoms with Crippen LogP contribution < -0.4 is 5.32 Å². The number of carbonyl (C=O) groups excluding carboxylic acids is 1. The van der Waals surface area contributed by atoms with Gasteiger partial charge in [0.1, 0.15) is 0 Å². The fraction of sp³-hybridized carbons (Fsp3) is 0.917. The van der Waals surface area contributed by atoms with Gasteiger partial charge in [0.15, 0.2) is 0 Å². The number of likely N-dealkylation sites (N-methyl/N-ethyl adjacent to an activating group) is 2. The van der Waals surface area contributed by atoms with Crippen LogP contribution in [0.25, 0.3) is 0 Å². The average molecular weight is 242 g/mol. The molecule has 17 heavy (non-hydrogen) atoms. The van der Waals surface area contributed by atoms with E-state index in [9.17, 15) is 4.79 Å². The molecule has 2 amide bonds. The first-order valence-electron chi connectivity index (χ1n) is 6.61. The lowest BCUT2D eigenvalue weighted by molar-refractivity contribution is 0.153. The van der Waals surface area contributed by atoms with Crippen molar-refractivity contribution in [3.8, 4) is 0 Å². The molecule has 0 aliphatic carbocycles. The molecule has 1 saturated heterocycles. The third-order valence-corrected chi connectivity index (χ3v) is 3.39. The van der Waals surface area contributed by atoms with E-state index in [1.54, 1.807) is 0 Å². The molecule has 0 spiro atoms. The predicted molar refractivity (Wildman–Crippen MR) is 70.3 cm³/mol. The van der Waals surface area contributed by atoms with E-state index in [2.05, 4.69) is 36.0 Å². The molecule has 0 aromatic rings. The molecule has 1 aliphatic heterocycles. The van der Waals surface area contributed by atoms with Gasteiger partial charge in [-0.15, -0.1) is 0 Å². The Labute approximate surface area is 105 Å². The van der Waals surface area contributed by atoms with Gasteiger partial charge in [-0.25, -0.2) is 4.79 Å². The Morgan fingerprint density at radius 3 is 2.29 bits per heavy atom. The number of hydrogen-bond acceptors (Lipinski definition) is 3. The Morgan fingerprint density at radius 2 is 1.76 bits per heavy atom. The van der Waals surface area contributed by atoms with Crippen LogP contribution in [0.4, 0.5) is 4.79 Å². The zero-order valence-electron chi connectivity index (χ0n) is 11.4. The largest absolute Gasteiger partial charge is 0.337 e. The molecule has 1 heterocycles. The Balaban J connectivity index is 2.16. The summed E-state index contributed by atoms with van der Waals surface area (Å²) in [4.78, 5) is 18.3. The van der Waals surface area contributed by atoms with Crippen molar-refractivity contribution in [1.29, 1.82) is 0 Å². The molecular weight excluding hydrogens is 216 g/mol. The first-order chi connectivity index (χ1) is 8.17. The van der Waals surface area contributed by atoms with Gasteiger partial charge in [-0.3, -0.25) is 0 Å². The number of rotatable bonds is 5. The van der Waals surface area contributed by atoms with Gasteiger partial charge < -0.3 is 20.0 Å². The number of urea groups is 1. The molecular formula is C12H26N4O. The van der Waals surface area contributed by atoms with E-state index in [1.165, 1.54) is 0 Å². The summed E-state index contributed by atoms with van der Waals surface area (Å²) in [6.45, 7) is 11.7. The lowest BCUT2D eigenvalue weighted by atomic mass is 10.3. The Morgan fingerprint density at radius 1 is 1.18 bits per heavy atom. The molecule has 0 atom stereocenters. The number of hydrogen-bond donors (Lipinski definition) is 1. The molecule has 5 nitrogen and oxygen atoms in total. The second-order valence-corrected chi connectivity index (χ2v) is 4.55. The van der Waals surface area contributed by atoms with Gasteiger partial charge in [0.05, 0.1) is 0 Å². The number of carbonyl (C=O) groups is 1. The van der Waals surface area contributed by atoms with Crippen LogP contribution in [0.2, 0.25) is 0 Å². The van der Waals surface area contributed by atoms with Crippen LogP contribution in [-0.4, -0.2) is 80.1 Å². The SMILES string of the molecule is CCN(CC)CCNC(=O)N1CCN(C)CC1. The highest BCUT2D eigenvalue weighted by atomic mass is 16.2. The van der Waals surface area contributed by atoms with Gasteiger partial charge in [0.25, 0.3) is 0 Å². The maximum absolute atomic E-state index is 11.8. The lowest BCUT2D eigenvalue weighted by Gasteiger charge is -2.32. The highest BCUT2D eigenvalue weighted by molar-refractivity contribution is 5.74. The van der Waals surface area contributed by atoms with Gasteiger partial charge in [-0.05, 0) is 20.1 Å². The molecule has 1 N–H and O–H groups in total. The quantitative estimate of drug-likeness (QED) is 0.753. The number of amides is 2. The maximum Gasteiger partial charge on any atom is 0.317 e. The topological polar surface area (TPSA) is 38.8 Å². The minimum atomic E-state index is 0.0882. The Hall–Kier alpha value is -0.810. The van der Waals surface area contributed by atoms with Crippen molar-refractivity contribution in [2.24, 2.45) is 0 Å². The highest BCUT2D eigenvalue weighted by Crippen LogP contribution is 1.98. The molecule has 0 saturated carbocycles. The first-order valence-corrected chi connectivity index (χ1v) is 6.61. The van der Waals surface area contributed by atoms with E-state index >= 15 is 0 Å². The van der Waals surface area contributed by atoms with Gasteiger partial charge in [0.2, 0.25) is 0 Å². The average Bonchev–Trinajstić information content (AvgIpc) is 2.35. The second kappa shape index (κ2) is 7.50. The zero-order valence-corrected chi connectivity index (χ0v) is 11.4. The van der Waals surface area contributed by atoms with Crippen molar-refractivity contribution in [3.05, 3.63) is 0 Å². The molecule has 1 fully saturated rings. The van der Waals surface area contributed by atoms with Crippen LogP contribution >= 0.6 is 0 Å². The third kappa shape index (κ3) is 4.91. The molecule has 0 aromatic carbocycles. The normalized spacial score (nSPS) is 17.5. The fourth-order valence-electron chi connectivity index (χ4n) is 1.98. The van der Waals surface area contributed by atoms with Gasteiger partial charge in [-0.1, -0.05) is 13.8 Å². The molecule has 0 unspecified atom stereocenters. The number of nitrogens with one attached hydrogen (secondary N) is 1. The summed E-state index contributed by atoms with van der Waals surface area (Å²) in [7, 11) is 2.09. The highest BCUT2D eigenvalue weighted by Gasteiger charge is 2.18. The van der Waals surface area contributed by atoms with Crippen LogP contribution in [0.5, 0.6) is 0 Å². The summed E-state index contributed by atoms with van der Waals surface area (Å²) in [6, 6.07) is 0.0882. The smallest absolute Gasteiger partial charge is 0.317 e. The van der Waals surface area contributed by atoms with Gasteiger partial charge >= 0.3 is 6.03 Å². The number of nitrogens with zero attached hydrogens (tertiary/aromatic N) is 3. The van der Waals surface area contributed by atoms with Crippen molar-refractivity contribution in [2.75, 3.05) is 59.4 Å². The van der Waals surface area contributed by atoms with Crippen LogP contribution in [0.15, 0.2) is 0 Å². The summed E-state index contributed by atoms with van der Waals surface area (Å²) in [6.07, 6.45) is 0. The van der Waals surface area contributed by atoms with E-state index in [-0.39, 0.29) is 6.03 Å². The molecule has 0 radical (unpaired) electrons. The van der Waals surface area contributed by atoms with E-state index in [1.807, 2.05) is 4.90 Å². The van der Waals surface area contributed by atoms with Crippen molar-refractivity contribution in [3.63, 3.8) is 0 Å². The van der Waals surface area contributed by atoms with E-state index in [4.69, 9.17) is 0 Å². The van der Waals surface area contributed by atoms with Crippen LogP contribution in [-0.2, 0) is 0 Å². The third-order valence-electron chi connectivity index (χ3n) is 3.39. The molecule has 0 bridgehead atoms. The molecule has 1 rings (SSSR count). The van der Waals surface area contributed by atoms with Gasteiger partial charge in [-0.2, -0.15) is 0 Å². The van der Waals surface area contributed by atoms with Crippen LogP contribution in [0.3, 0.4) is 0 Å². The van der Waals surface area contributed by atoms with Crippen molar-refractivity contribution < 1.29 is 4.79 Å². The molecule has 5 heteroatoms. The summed E-state index contributed by atoms with van der Waals surface area (Å²) in [5.74, 6) is 0. The fourth-order valence-corrected chi connectivity index (χ4v) is 1.98. The van der Waals surface area contributed by atoms with Crippen LogP contribution in [0, 0.1) is 0 Å². The predicted octanol–water partition coefficient (Wildman–Crippen LogP) is 0.285. The maximum atomic E-state index is 11.8. The van der Waals surface area contributed by atoms with Crippen molar-refractivity contribution >= 4 is 6.03 Å². The summed E-state index contributed by atoms with van der Waals surface area (Å²) < 4.78 is 0. The Bertz CT molecular complexity index is 223. The van der Waals surface area contributed by atoms with E-state index in [0.29, 0.717) is 0 Å². The van der Waals surface area contributed by atoms with Crippen molar-refractivity contribution in [2.45, 2.75) is 13.8 Å². The molecule has 0 aromatic heterocycles. The molecule has 100 valence electrons. The zero-order chi connectivity index (χ0) is 12.7. The summed E-state index contributed by atoms with van der Waals surface area (Å²) in [5.41, 5.74) is 0. The van der Waals surface area contributed by atoms with E-state index < -0.39 is 0 Å². The number of piperazine rings is 1.